The van der Waals surface area contributed by atoms with Gasteiger partial charge in [0.25, 0.3) is 0 Å². The second kappa shape index (κ2) is 4.89. The molecule has 5 unspecified atom stereocenters. The summed E-state index contributed by atoms with van der Waals surface area (Å²) in [5.74, 6) is 1.13. The van der Waals surface area contributed by atoms with Gasteiger partial charge in [0.2, 0.25) is 0 Å². The van der Waals surface area contributed by atoms with Gasteiger partial charge in [0.15, 0.2) is 0 Å². The lowest BCUT2D eigenvalue weighted by Gasteiger charge is -2.29. The van der Waals surface area contributed by atoms with Gasteiger partial charge in [-0.15, -0.1) is 0 Å². The van der Waals surface area contributed by atoms with E-state index in [1.54, 1.807) is 4.90 Å². The zero-order valence-electron chi connectivity index (χ0n) is 12.4. The zero-order chi connectivity index (χ0) is 14.6. The molecule has 2 aliphatic heterocycles. The zero-order valence-corrected chi connectivity index (χ0v) is 12.4. The first-order valence-electron chi connectivity index (χ1n) is 8.43. The SMILES string of the molecule is O=C(O)C1C2CCCC2CN1C(=O)N1CC2CCCC2C1. The Bertz CT molecular complexity index is 454. The van der Waals surface area contributed by atoms with E-state index in [4.69, 9.17) is 0 Å². The molecule has 4 fully saturated rings. The van der Waals surface area contributed by atoms with Gasteiger partial charge in [-0.05, 0) is 49.4 Å². The third-order valence-electron chi connectivity index (χ3n) is 6.39. The highest BCUT2D eigenvalue weighted by atomic mass is 16.4. The summed E-state index contributed by atoms with van der Waals surface area (Å²) in [7, 11) is 0. The maximum Gasteiger partial charge on any atom is 0.326 e. The summed E-state index contributed by atoms with van der Waals surface area (Å²) >= 11 is 0. The Balaban J connectivity index is 1.50. The van der Waals surface area contributed by atoms with E-state index in [-0.39, 0.29) is 11.9 Å². The van der Waals surface area contributed by atoms with Gasteiger partial charge in [0.1, 0.15) is 6.04 Å². The molecule has 2 saturated heterocycles. The number of urea groups is 1. The van der Waals surface area contributed by atoms with Crippen LogP contribution in [0, 0.1) is 23.7 Å². The molecule has 5 nitrogen and oxygen atoms in total. The van der Waals surface area contributed by atoms with E-state index in [0.717, 1.165) is 32.4 Å². The normalized spacial score (nSPS) is 41.4. The lowest BCUT2D eigenvalue weighted by molar-refractivity contribution is -0.142. The molecule has 21 heavy (non-hydrogen) atoms. The van der Waals surface area contributed by atoms with Crippen molar-refractivity contribution in [1.82, 2.24) is 9.80 Å². The van der Waals surface area contributed by atoms with Crippen molar-refractivity contribution in [2.45, 2.75) is 44.6 Å². The number of amides is 2. The second-order valence-electron chi connectivity index (χ2n) is 7.43. The predicted octanol–water partition coefficient (Wildman–Crippen LogP) is 2.02. The molecular weight excluding hydrogens is 268 g/mol. The van der Waals surface area contributed by atoms with Gasteiger partial charge in [-0.2, -0.15) is 0 Å². The largest absolute Gasteiger partial charge is 0.480 e. The van der Waals surface area contributed by atoms with Crippen LogP contribution in [0.15, 0.2) is 0 Å². The van der Waals surface area contributed by atoms with E-state index >= 15 is 0 Å². The van der Waals surface area contributed by atoms with E-state index in [9.17, 15) is 14.7 Å². The molecule has 1 N–H and O–H groups in total. The standard InChI is InChI=1S/C16H24N2O3/c19-15(20)14-13-6-2-5-12(13)9-18(14)16(21)17-7-10-3-1-4-11(10)8-17/h10-14H,1-9H2,(H,19,20). The highest BCUT2D eigenvalue weighted by molar-refractivity contribution is 5.84. The number of likely N-dealkylation sites (tertiary alicyclic amines) is 2. The second-order valence-corrected chi connectivity index (χ2v) is 7.43. The van der Waals surface area contributed by atoms with Gasteiger partial charge in [0.05, 0.1) is 0 Å². The molecule has 2 aliphatic carbocycles. The average molecular weight is 292 g/mol. The van der Waals surface area contributed by atoms with Crippen molar-refractivity contribution >= 4 is 12.0 Å². The monoisotopic (exact) mass is 292 g/mol. The molecule has 4 rings (SSSR count). The molecule has 5 heteroatoms. The van der Waals surface area contributed by atoms with Crippen molar-refractivity contribution in [3.05, 3.63) is 0 Å². The van der Waals surface area contributed by atoms with Crippen LogP contribution >= 0.6 is 0 Å². The van der Waals surface area contributed by atoms with E-state index < -0.39 is 12.0 Å². The molecular formula is C16H24N2O3. The molecule has 0 spiro atoms. The molecule has 0 aromatic carbocycles. The molecule has 0 aromatic rings. The highest BCUT2D eigenvalue weighted by Crippen LogP contribution is 2.44. The summed E-state index contributed by atoms with van der Waals surface area (Å²) in [5.41, 5.74) is 0. The first kappa shape index (κ1) is 13.4. The van der Waals surface area contributed by atoms with E-state index in [1.807, 2.05) is 4.90 Å². The molecule has 4 aliphatic rings. The number of aliphatic carboxylic acids is 1. The van der Waals surface area contributed by atoms with Crippen molar-refractivity contribution < 1.29 is 14.7 Å². The van der Waals surface area contributed by atoms with Crippen LogP contribution in [-0.2, 0) is 4.79 Å². The van der Waals surface area contributed by atoms with Crippen molar-refractivity contribution in [2.75, 3.05) is 19.6 Å². The van der Waals surface area contributed by atoms with E-state index in [0.29, 0.717) is 24.3 Å². The quantitative estimate of drug-likeness (QED) is 0.804. The Hall–Kier alpha value is -1.26. The third kappa shape index (κ3) is 2.04. The summed E-state index contributed by atoms with van der Waals surface area (Å²) in [6.07, 6.45) is 6.95. The number of hydrogen-bond donors (Lipinski definition) is 1. The minimum absolute atomic E-state index is 0.00815. The molecule has 2 heterocycles. The Morgan fingerprint density at radius 3 is 2.14 bits per heavy atom. The lowest BCUT2D eigenvalue weighted by atomic mass is 9.94. The van der Waals surface area contributed by atoms with Crippen molar-refractivity contribution in [2.24, 2.45) is 23.7 Å². The topological polar surface area (TPSA) is 60.9 Å². The number of carboxylic acid groups (broad SMARTS) is 1. The summed E-state index contributed by atoms with van der Waals surface area (Å²) in [6.45, 7) is 2.36. The number of carbonyl (C=O) groups excluding carboxylic acids is 1. The number of rotatable bonds is 1. The highest BCUT2D eigenvalue weighted by Gasteiger charge is 2.51. The van der Waals surface area contributed by atoms with Gasteiger partial charge >= 0.3 is 12.0 Å². The number of fused-ring (bicyclic) bond motifs is 2. The fourth-order valence-corrected chi connectivity index (χ4v) is 5.39. The molecule has 116 valence electrons. The van der Waals surface area contributed by atoms with Crippen LogP contribution < -0.4 is 0 Å². The maximum absolute atomic E-state index is 12.8. The van der Waals surface area contributed by atoms with Crippen molar-refractivity contribution in [3.63, 3.8) is 0 Å². The van der Waals surface area contributed by atoms with Gasteiger partial charge < -0.3 is 14.9 Å². The first-order chi connectivity index (χ1) is 10.1. The molecule has 2 amide bonds. The maximum atomic E-state index is 12.8. The Morgan fingerprint density at radius 2 is 1.48 bits per heavy atom. The van der Waals surface area contributed by atoms with Crippen LogP contribution in [0.3, 0.4) is 0 Å². The smallest absolute Gasteiger partial charge is 0.326 e. The first-order valence-corrected chi connectivity index (χ1v) is 8.43. The summed E-state index contributed by atoms with van der Waals surface area (Å²) in [4.78, 5) is 28.1. The molecule has 0 radical (unpaired) electrons. The van der Waals surface area contributed by atoms with Crippen molar-refractivity contribution in [1.29, 1.82) is 0 Å². The third-order valence-corrected chi connectivity index (χ3v) is 6.39. The number of nitrogens with zero attached hydrogens (tertiary/aromatic N) is 2. The molecule has 0 bridgehead atoms. The van der Waals surface area contributed by atoms with Crippen LogP contribution in [-0.4, -0.2) is 52.6 Å². The summed E-state index contributed by atoms with van der Waals surface area (Å²) in [5, 5.41) is 9.57. The van der Waals surface area contributed by atoms with E-state index in [1.165, 1.54) is 19.3 Å². The number of hydrogen-bond acceptors (Lipinski definition) is 2. The minimum Gasteiger partial charge on any atom is -0.480 e. The van der Waals surface area contributed by atoms with Crippen LogP contribution in [0.4, 0.5) is 4.79 Å². The fraction of sp³-hybridized carbons (Fsp3) is 0.875. The van der Waals surface area contributed by atoms with Gasteiger partial charge in [-0.25, -0.2) is 9.59 Å². The Morgan fingerprint density at radius 1 is 0.857 bits per heavy atom. The van der Waals surface area contributed by atoms with Gasteiger partial charge in [-0.3, -0.25) is 0 Å². The molecule has 0 aromatic heterocycles. The van der Waals surface area contributed by atoms with Crippen LogP contribution in [0.1, 0.15) is 38.5 Å². The van der Waals surface area contributed by atoms with Crippen LogP contribution in [0.25, 0.3) is 0 Å². The van der Waals surface area contributed by atoms with Crippen LogP contribution in [0.2, 0.25) is 0 Å². The average Bonchev–Trinajstić information content (AvgIpc) is 3.15. The predicted molar refractivity (Wildman–Crippen MR) is 76.8 cm³/mol. The van der Waals surface area contributed by atoms with Crippen LogP contribution in [0.5, 0.6) is 0 Å². The number of carboxylic acids is 1. The van der Waals surface area contributed by atoms with Gasteiger partial charge in [0, 0.05) is 19.6 Å². The van der Waals surface area contributed by atoms with Gasteiger partial charge in [-0.1, -0.05) is 12.8 Å². The minimum atomic E-state index is -0.808. The lowest BCUT2D eigenvalue weighted by Crippen LogP contribution is -2.49. The van der Waals surface area contributed by atoms with Crippen molar-refractivity contribution in [3.8, 4) is 0 Å². The summed E-state index contributed by atoms with van der Waals surface area (Å²) < 4.78 is 0. The Labute approximate surface area is 125 Å². The number of carbonyl (C=O) groups is 2. The molecule has 5 atom stereocenters. The fourth-order valence-electron chi connectivity index (χ4n) is 5.39. The Kier molecular flexibility index (Phi) is 3.12. The van der Waals surface area contributed by atoms with E-state index in [2.05, 4.69) is 0 Å². The summed E-state index contributed by atoms with van der Waals surface area (Å²) in [6, 6.07) is -0.586. The molecule has 2 saturated carbocycles.